The normalized spacial score (nSPS) is 26.5. The van der Waals surface area contributed by atoms with Crippen LogP contribution in [-0.4, -0.2) is 56.2 Å². The first kappa shape index (κ1) is 12.9. The Labute approximate surface area is 92.2 Å². The highest BCUT2D eigenvalue weighted by molar-refractivity contribution is 7.90. The topological polar surface area (TPSA) is 57.6 Å². The Kier molecular flexibility index (Phi) is 4.55. The van der Waals surface area contributed by atoms with Gasteiger partial charge in [-0.25, -0.2) is 8.42 Å². The van der Waals surface area contributed by atoms with Gasteiger partial charge in [-0.1, -0.05) is 0 Å². The predicted octanol–water partition coefficient (Wildman–Crippen LogP) is 0.124. The molecule has 0 aromatic carbocycles. The minimum Gasteiger partial charge on any atom is -0.393 e. The summed E-state index contributed by atoms with van der Waals surface area (Å²) in [5.41, 5.74) is 0. The molecule has 90 valence electrons. The number of hydrogen-bond donors (Lipinski definition) is 1. The fourth-order valence-corrected chi connectivity index (χ4v) is 2.57. The molecule has 2 atom stereocenters. The van der Waals surface area contributed by atoms with Crippen molar-refractivity contribution in [1.29, 1.82) is 0 Å². The zero-order valence-electron chi connectivity index (χ0n) is 9.52. The van der Waals surface area contributed by atoms with Crippen LogP contribution in [0.4, 0.5) is 0 Å². The molecule has 5 heteroatoms. The molecular formula is C10H21NO3S. The number of aliphatic hydroxyl groups is 1. The van der Waals surface area contributed by atoms with Crippen molar-refractivity contribution in [2.24, 2.45) is 5.92 Å². The minimum atomic E-state index is -2.87. The lowest BCUT2D eigenvalue weighted by Gasteiger charge is -2.33. The Bertz CT molecular complexity index is 287. The second-order valence-electron chi connectivity index (χ2n) is 4.57. The number of nitrogens with zero attached hydrogens (tertiary/aromatic N) is 1. The zero-order valence-corrected chi connectivity index (χ0v) is 10.3. The van der Waals surface area contributed by atoms with Crippen molar-refractivity contribution in [3.8, 4) is 0 Å². The van der Waals surface area contributed by atoms with Crippen molar-refractivity contribution >= 4 is 9.84 Å². The van der Waals surface area contributed by atoms with Gasteiger partial charge in [-0.15, -0.1) is 0 Å². The number of aliphatic hydroxyl groups excluding tert-OH is 1. The first-order valence-electron chi connectivity index (χ1n) is 5.46. The largest absolute Gasteiger partial charge is 0.393 e. The lowest BCUT2D eigenvalue weighted by atomic mass is 9.93. The summed E-state index contributed by atoms with van der Waals surface area (Å²) in [4.78, 5) is 2.14. The van der Waals surface area contributed by atoms with E-state index >= 15 is 0 Å². The Hall–Kier alpha value is -0.130. The number of rotatable bonds is 4. The summed E-state index contributed by atoms with van der Waals surface area (Å²) in [6.45, 7) is 4.19. The van der Waals surface area contributed by atoms with Crippen molar-refractivity contribution in [2.45, 2.75) is 25.9 Å². The highest BCUT2D eigenvalue weighted by Crippen LogP contribution is 2.19. The van der Waals surface area contributed by atoms with Crippen molar-refractivity contribution < 1.29 is 13.5 Å². The van der Waals surface area contributed by atoms with E-state index in [-0.39, 0.29) is 11.9 Å². The van der Waals surface area contributed by atoms with E-state index in [2.05, 4.69) is 4.90 Å². The van der Waals surface area contributed by atoms with Crippen molar-refractivity contribution in [1.82, 2.24) is 4.90 Å². The molecule has 0 amide bonds. The fraction of sp³-hybridized carbons (Fsp3) is 1.00. The molecule has 1 N–H and O–H groups in total. The molecule has 0 spiro atoms. The van der Waals surface area contributed by atoms with Gasteiger partial charge in [-0.3, -0.25) is 0 Å². The Morgan fingerprint density at radius 3 is 2.73 bits per heavy atom. The standard InChI is InChI=1S/C10H21NO3S/c1-9(12)10-4-3-5-11(8-10)6-7-15(2,13)14/h9-10,12H,3-8H2,1-2H3. The molecule has 0 bridgehead atoms. The van der Waals surface area contributed by atoms with Crippen LogP contribution < -0.4 is 0 Å². The van der Waals surface area contributed by atoms with Crippen LogP contribution in [0.15, 0.2) is 0 Å². The van der Waals surface area contributed by atoms with E-state index in [1.165, 1.54) is 6.26 Å². The average molecular weight is 235 g/mol. The molecule has 1 fully saturated rings. The molecule has 15 heavy (non-hydrogen) atoms. The lowest BCUT2D eigenvalue weighted by Crippen LogP contribution is -2.41. The van der Waals surface area contributed by atoms with Gasteiger partial charge >= 0.3 is 0 Å². The summed E-state index contributed by atoms with van der Waals surface area (Å²) in [5.74, 6) is 0.526. The second-order valence-corrected chi connectivity index (χ2v) is 6.83. The highest BCUT2D eigenvalue weighted by Gasteiger charge is 2.23. The minimum absolute atomic E-state index is 0.222. The van der Waals surface area contributed by atoms with Gasteiger partial charge in [-0.05, 0) is 32.2 Å². The average Bonchev–Trinajstić information content (AvgIpc) is 2.14. The van der Waals surface area contributed by atoms with Gasteiger partial charge in [0.2, 0.25) is 0 Å². The summed E-state index contributed by atoms with van der Waals surface area (Å²) in [5, 5.41) is 9.48. The van der Waals surface area contributed by atoms with Crippen molar-refractivity contribution in [2.75, 3.05) is 31.6 Å². The van der Waals surface area contributed by atoms with E-state index < -0.39 is 9.84 Å². The third-order valence-corrected chi connectivity index (χ3v) is 3.93. The van der Waals surface area contributed by atoms with E-state index in [0.717, 1.165) is 25.9 Å². The van der Waals surface area contributed by atoms with Gasteiger partial charge in [0.15, 0.2) is 0 Å². The van der Waals surface area contributed by atoms with Gasteiger partial charge in [0.1, 0.15) is 9.84 Å². The molecule has 1 heterocycles. The van der Waals surface area contributed by atoms with Gasteiger partial charge < -0.3 is 10.0 Å². The van der Waals surface area contributed by atoms with Crippen LogP contribution in [0.1, 0.15) is 19.8 Å². The first-order valence-corrected chi connectivity index (χ1v) is 7.52. The molecule has 2 unspecified atom stereocenters. The molecule has 0 aromatic heterocycles. The molecule has 0 aliphatic carbocycles. The third kappa shape index (κ3) is 4.95. The fourth-order valence-electron chi connectivity index (χ4n) is 1.98. The maximum Gasteiger partial charge on any atom is 0.148 e. The van der Waals surface area contributed by atoms with E-state index in [0.29, 0.717) is 12.5 Å². The molecule has 1 rings (SSSR count). The van der Waals surface area contributed by atoms with Crippen LogP contribution >= 0.6 is 0 Å². The lowest BCUT2D eigenvalue weighted by molar-refractivity contribution is 0.0654. The van der Waals surface area contributed by atoms with Crippen LogP contribution in [-0.2, 0) is 9.84 Å². The molecular weight excluding hydrogens is 214 g/mol. The number of sulfone groups is 1. The van der Waals surface area contributed by atoms with Crippen LogP contribution in [0.25, 0.3) is 0 Å². The van der Waals surface area contributed by atoms with Crippen LogP contribution in [0.3, 0.4) is 0 Å². The summed E-state index contributed by atoms with van der Waals surface area (Å²) in [6, 6.07) is 0. The summed E-state index contributed by atoms with van der Waals surface area (Å²) in [6.07, 6.45) is 3.08. The first-order chi connectivity index (χ1) is 6.88. The smallest absolute Gasteiger partial charge is 0.148 e. The Balaban J connectivity index is 2.37. The maximum atomic E-state index is 11.0. The second kappa shape index (κ2) is 5.27. The van der Waals surface area contributed by atoms with Crippen LogP contribution in [0.5, 0.6) is 0 Å². The number of hydrogen-bond acceptors (Lipinski definition) is 4. The Morgan fingerprint density at radius 1 is 1.53 bits per heavy atom. The molecule has 0 saturated carbocycles. The SMILES string of the molecule is CC(O)C1CCCN(CCS(C)(=O)=O)C1. The van der Waals surface area contributed by atoms with Gasteiger partial charge in [-0.2, -0.15) is 0 Å². The molecule has 1 saturated heterocycles. The van der Waals surface area contributed by atoms with E-state index in [1.54, 1.807) is 0 Å². The number of piperidine rings is 1. The molecule has 1 aliphatic rings. The monoisotopic (exact) mass is 235 g/mol. The maximum absolute atomic E-state index is 11.0. The van der Waals surface area contributed by atoms with E-state index in [1.807, 2.05) is 6.92 Å². The molecule has 1 aliphatic heterocycles. The van der Waals surface area contributed by atoms with Gasteiger partial charge in [0.05, 0.1) is 11.9 Å². The third-order valence-electron chi connectivity index (χ3n) is 3.00. The molecule has 0 aromatic rings. The molecule has 4 nitrogen and oxygen atoms in total. The van der Waals surface area contributed by atoms with Crippen molar-refractivity contribution in [3.05, 3.63) is 0 Å². The Morgan fingerprint density at radius 2 is 2.20 bits per heavy atom. The van der Waals surface area contributed by atoms with Gasteiger partial charge in [0.25, 0.3) is 0 Å². The van der Waals surface area contributed by atoms with Gasteiger partial charge in [0, 0.05) is 19.3 Å². The van der Waals surface area contributed by atoms with E-state index in [9.17, 15) is 13.5 Å². The highest BCUT2D eigenvalue weighted by atomic mass is 32.2. The molecule has 0 radical (unpaired) electrons. The van der Waals surface area contributed by atoms with E-state index in [4.69, 9.17) is 0 Å². The quantitative estimate of drug-likeness (QED) is 0.752. The number of likely N-dealkylation sites (tertiary alicyclic amines) is 1. The summed E-state index contributed by atoms with van der Waals surface area (Å²) >= 11 is 0. The summed E-state index contributed by atoms with van der Waals surface area (Å²) in [7, 11) is -2.87. The van der Waals surface area contributed by atoms with Crippen LogP contribution in [0.2, 0.25) is 0 Å². The zero-order chi connectivity index (χ0) is 11.5. The summed E-state index contributed by atoms with van der Waals surface area (Å²) < 4.78 is 22.0. The van der Waals surface area contributed by atoms with Crippen LogP contribution in [0, 0.1) is 5.92 Å². The van der Waals surface area contributed by atoms with Crippen molar-refractivity contribution in [3.63, 3.8) is 0 Å². The predicted molar refractivity (Wildman–Crippen MR) is 60.6 cm³/mol.